The first-order chi connectivity index (χ1) is 14.3. The number of anilines is 2. The SMILES string of the molecule is CN(C)C(=O)c1c(N)ccc(-c2cnc3c(c2Cl)C2(CCC(CN)CC2)CN3)c1F. The Kier molecular flexibility index (Phi) is 5.36. The van der Waals surface area contributed by atoms with Crippen LogP contribution in [0.5, 0.6) is 0 Å². The molecule has 2 aliphatic rings. The minimum Gasteiger partial charge on any atom is -0.398 e. The number of hydrogen-bond acceptors (Lipinski definition) is 5. The lowest BCUT2D eigenvalue weighted by Crippen LogP contribution is -2.35. The molecule has 2 aromatic rings. The molecule has 0 bridgehead atoms. The standard InChI is InChI=1S/C22H27ClFN5O/c1-29(2)21(30)16-15(26)4-3-13(19(16)24)14-10-27-20-17(18(14)23)22(11-28-20)7-5-12(9-25)6-8-22/h3-4,10,12H,5-9,11,25-26H2,1-2H3,(H,27,28). The van der Waals surface area contributed by atoms with Crippen LogP contribution in [0.15, 0.2) is 18.3 Å². The zero-order valence-electron chi connectivity index (χ0n) is 17.3. The maximum Gasteiger partial charge on any atom is 0.258 e. The third-order valence-electron chi connectivity index (χ3n) is 6.62. The lowest BCUT2D eigenvalue weighted by Gasteiger charge is -2.37. The van der Waals surface area contributed by atoms with E-state index in [1.807, 2.05) is 0 Å². The molecule has 1 saturated carbocycles. The molecule has 1 aromatic heterocycles. The van der Waals surface area contributed by atoms with Crippen LogP contribution in [-0.2, 0) is 5.41 Å². The van der Waals surface area contributed by atoms with Gasteiger partial charge in [-0.2, -0.15) is 0 Å². The van der Waals surface area contributed by atoms with Crippen molar-refractivity contribution in [1.29, 1.82) is 0 Å². The molecule has 6 nitrogen and oxygen atoms in total. The maximum atomic E-state index is 15.4. The molecule has 1 aromatic carbocycles. The second-order valence-electron chi connectivity index (χ2n) is 8.61. The summed E-state index contributed by atoms with van der Waals surface area (Å²) < 4.78 is 15.4. The van der Waals surface area contributed by atoms with Crippen LogP contribution in [-0.4, -0.2) is 43.0 Å². The van der Waals surface area contributed by atoms with Gasteiger partial charge in [0.15, 0.2) is 0 Å². The third-order valence-corrected chi connectivity index (χ3v) is 7.01. The molecule has 1 amide bonds. The highest BCUT2D eigenvalue weighted by Gasteiger charge is 2.44. The first kappa shape index (κ1) is 20.9. The predicted molar refractivity (Wildman–Crippen MR) is 118 cm³/mol. The summed E-state index contributed by atoms with van der Waals surface area (Å²) in [7, 11) is 3.12. The van der Waals surface area contributed by atoms with E-state index < -0.39 is 11.7 Å². The van der Waals surface area contributed by atoms with Gasteiger partial charge in [0.2, 0.25) is 0 Å². The van der Waals surface area contributed by atoms with E-state index in [4.69, 9.17) is 23.1 Å². The number of nitrogens with zero attached hydrogens (tertiary/aromatic N) is 2. The molecule has 1 aliphatic heterocycles. The van der Waals surface area contributed by atoms with Crippen LogP contribution in [0.4, 0.5) is 15.9 Å². The number of nitrogens with two attached hydrogens (primary N) is 2. The van der Waals surface area contributed by atoms with Crippen LogP contribution in [0.1, 0.15) is 41.6 Å². The van der Waals surface area contributed by atoms with E-state index in [0.717, 1.165) is 43.6 Å². The van der Waals surface area contributed by atoms with E-state index in [-0.39, 0.29) is 22.2 Å². The molecule has 0 unspecified atom stereocenters. The van der Waals surface area contributed by atoms with Gasteiger partial charge in [0.25, 0.3) is 5.91 Å². The topological polar surface area (TPSA) is 97.3 Å². The summed E-state index contributed by atoms with van der Waals surface area (Å²) in [6.45, 7) is 1.46. The molecule has 0 atom stereocenters. The summed E-state index contributed by atoms with van der Waals surface area (Å²) >= 11 is 6.89. The van der Waals surface area contributed by atoms with Crippen LogP contribution in [0.2, 0.25) is 5.02 Å². The molecule has 30 heavy (non-hydrogen) atoms. The fraction of sp³-hybridized carbons (Fsp3) is 0.455. The highest BCUT2D eigenvalue weighted by molar-refractivity contribution is 6.34. The Morgan fingerprint density at radius 3 is 2.67 bits per heavy atom. The van der Waals surface area contributed by atoms with E-state index in [1.165, 1.54) is 4.90 Å². The molecular weight excluding hydrogens is 405 g/mol. The first-order valence-electron chi connectivity index (χ1n) is 10.2. The summed E-state index contributed by atoms with van der Waals surface area (Å²) in [5.41, 5.74) is 13.3. The van der Waals surface area contributed by atoms with Gasteiger partial charge in [-0.25, -0.2) is 9.37 Å². The number of hydrogen-bond donors (Lipinski definition) is 3. The molecule has 8 heteroatoms. The van der Waals surface area contributed by atoms with Crippen molar-refractivity contribution in [3.63, 3.8) is 0 Å². The van der Waals surface area contributed by atoms with Crippen LogP contribution < -0.4 is 16.8 Å². The van der Waals surface area contributed by atoms with Crippen molar-refractivity contribution in [3.8, 4) is 11.1 Å². The number of carbonyl (C=O) groups excluding carboxylic acids is 1. The van der Waals surface area contributed by atoms with Crippen LogP contribution >= 0.6 is 11.6 Å². The molecule has 0 radical (unpaired) electrons. The second-order valence-corrected chi connectivity index (χ2v) is 8.99. The molecule has 2 heterocycles. The van der Waals surface area contributed by atoms with Crippen molar-refractivity contribution in [2.24, 2.45) is 11.7 Å². The Morgan fingerprint density at radius 2 is 2.03 bits per heavy atom. The van der Waals surface area contributed by atoms with Crippen molar-refractivity contribution < 1.29 is 9.18 Å². The van der Waals surface area contributed by atoms with Crippen LogP contribution in [0.25, 0.3) is 11.1 Å². The summed E-state index contributed by atoms with van der Waals surface area (Å²) in [4.78, 5) is 18.3. The van der Waals surface area contributed by atoms with Gasteiger partial charge < -0.3 is 21.7 Å². The zero-order chi connectivity index (χ0) is 21.6. The van der Waals surface area contributed by atoms with Gasteiger partial charge in [-0.3, -0.25) is 4.79 Å². The minimum absolute atomic E-state index is 0.0958. The van der Waals surface area contributed by atoms with Gasteiger partial charge in [0.1, 0.15) is 11.6 Å². The van der Waals surface area contributed by atoms with E-state index in [9.17, 15) is 4.79 Å². The normalized spacial score (nSPS) is 22.6. The fourth-order valence-corrected chi connectivity index (χ4v) is 5.21. The third kappa shape index (κ3) is 3.20. The number of nitrogen functional groups attached to an aromatic ring is 1. The molecule has 0 saturated heterocycles. The van der Waals surface area contributed by atoms with Crippen molar-refractivity contribution in [2.75, 3.05) is 38.2 Å². The first-order valence-corrected chi connectivity index (χ1v) is 10.6. The lowest BCUT2D eigenvalue weighted by atomic mass is 9.67. The summed E-state index contributed by atoms with van der Waals surface area (Å²) in [6, 6.07) is 3.10. The zero-order valence-corrected chi connectivity index (χ0v) is 18.0. The number of rotatable bonds is 3. The minimum atomic E-state index is -0.677. The molecule has 160 valence electrons. The van der Waals surface area contributed by atoms with E-state index in [2.05, 4.69) is 10.3 Å². The Morgan fingerprint density at radius 1 is 1.33 bits per heavy atom. The van der Waals surface area contributed by atoms with Gasteiger partial charge in [-0.1, -0.05) is 11.6 Å². The highest BCUT2D eigenvalue weighted by Crippen LogP contribution is 2.51. The Hall–Kier alpha value is -2.38. The largest absolute Gasteiger partial charge is 0.398 e. The summed E-state index contributed by atoms with van der Waals surface area (Å²) in [6.07, 6.45) is 5.58. The molecule has 1 spiro atoms. The Bertz CT molecular complexity index is 1000. The lowest BCUT2D eigenvalue weighted by molar-refractivity contribution is 0.0824. The number of carbonyl (C=O) groups is 1. The van der Waals surface area contributed by atoms with Gasteiger partial charge in [-0.15, -0.1) is 0 Å². The monoisotopic (exact) mass is 431 g/mol. The summed E-state index contributed by atoms with van der Waals surface area (Å²) in [5.74, 6) is 0.124. The molecule has 4 rings (SSSR count). The van der Waals surface area contributed by atoms with Gasteiger partial charge >= 0.3 is 0 Å². The van der Waals surface area contributed by atoms with Crippen molar-refractivity contribution in [2.45, 2.75) is 31.1 Å². The smallest absolute Gasteiger partial charge is 0.258 e. The number of halogens is 2. The number of fused-ring (bicyclic) bond motifs is 2. The van der Waals surface area contributed by atoms with Gasteiger partial charge in [0, 0.05) is 54.6 Å². The van der Waals surface area contributed by atoms with E-state index in [1.54, 1.807) is 32.4 Å². The Labute approximate surface area is 180 Å². The molecule has 5 N–H and O–H groups in total. The van der Waals surface area contributed by atoms with Crippen LogP contribution in [0.3, 0.4) is 0 Å². The quantitative estimate of drug-likeness (QED) is 0.644. The average Bonchev–Trinajstić information content (AvgIpc) is 3.08. The number of pyridine rings is 1. The second kappa shape index (κ2) is 7.71. The van der Waals surface area contributed by atoms with Crippen molar-refractivity contribution in [1.82, 2.24) is 9.88 Å². The molecule has 1 aliphatic carbocycles. The van der Waals surface area contributed by atoms with Gasteiger partial charge in [0.05, 0.1) is 10.6 Å². The predicted octanol–water partition coefficient (Wildman–Crippen LogP) is 3.64. The highest BCUT2D eigenvalue weighted by atomic mass is 35.5. The summed E-state index contributed by atoms with van der Waals surface area (Å²) in [5, 5.41) is 3.87. The fourth-order valence-electron chi connectivity index (χ4n) is 4.77. The number of benzene rings is 1. The van der Waals surface area contributed by atoms with Crippen LogP contribution in [0, 0.1) is 11.7 Å². The number of nitrogens with one attached hydrogen (secondary N) is 1. The van der Waals surface area contributed by atoms with Crippen molar-refractivity contribution >= 4 is 29.0 Å². The van der Waals surface area contributed by atoms with E-state index >= 15 is 4.39 Å². The number of amides is 1. The average molecular weight is 432 g/mol. The molecule has 1 fully saturated rings. The van der Waals surface area contributed by atoms with E-state index in [0.29, 0.717) is 23.0 Å². The van der Waals surface area contributed by atoms with Gasteiger partial charge in [-0.05, 0) is 50.3 Å². The van der Waals surface area contributed by atoms with Crippen molar-refractivity contribution in [3.05, 3.63) is 40.3 Å². The number of aromatic nitrogens is 1. The molecular formula is C22H27ClFN5O. The Balaban J connectivity index is 1.81. The maximum absolute atomic E-state index is 15.4.